The number of carbonyl (C=O) groups is 1. The van der Waals surface area contributed by atoms with Crippen molar-refractivity contribution in [2.24, 2.45) is 5.92 Å². The molecule has 1 aromatic rings. The molecule has 17 heavy (non-hydrogen) atoms. The van der Waals surface area contributed by atoms with E-state index in [2.05, 4.69) is 9.69 Å². The highest BCUT2D eigenvalue weighted by atomic mass is 32.1. The summed E-state index contributed by atoms with van der Waals surface area (Å²) in [6, 6.07) is 0. The second-order valence-electron chi connectivity index (χ2n) is 4.47. The Morgan fingerprint density at radius 3 is 2.88 bits per heavy atom. The van der Waals surface area contributed by atoms with Gasteiger partial charge in [-0.25, -0.2) is 4.79 Å². The van der Waals surface area contributed by atoms with Crippen molar-refractivity contribution in [3.05, 3.63) is 11.3 Å². The first-order valence-corrected chi connectivity index (χ1v) is 6.81. The van der Waals surface area contributed by atoms with E-state index in [1.807, 2.05) is 6.92 Å². The van der Waals surface area contributed by atoms with Crippen LogP contribution in [0.15, 0.2) is 0 Å². The number of rotatable bonds is 4. The van der Waals surface area contributed by atoms with Crippen LogP contribution in [-0.2, 0) is 4.74 Å². The lowest BCUT2D eigenvalue weighted by atomic mass is 10.1. The maximum Gasteiger partial charge on any atom is 0.343 e. The first-order valence-electron chi connectivity index (χ1n) is 6.03. The lowest BCUT2D eigenvalue weighted by molar-refractivity contribution is 0.0443. The summed E-state index contributed by atoms with van der Waals surface area (Å²) in [6.45, 7) is 2.39. The van der Waals surface area contributed by atoms with E-state index in [9.17, 15) is 4.79 Å². The molecule has 94 valence electrons. The van der Waals surface area contributed by atoms with E-state index >= 15 is 0 Å². The molecule has 5 heteroatoms. The van der Waals surface area contributed by atoms with Gasteiger partial charge in [-0.1, -0.05) is 12.8 Å². The van der Waals surface area contributed by atoms with Crippen LogP contribution in [0.4, 0.5) is 5.00 Å². The molecule has 1 aromatic heterocycles. The van der Waals surface area contributed by atoms with Gasteiger partial charge in [-0.15, -0.1) is 0 Å². The quantitative estimate of drug-likeness (QED) is 0.839. The van der Waals surface area contributed by atoms with Crippen molar-refractivity contribution >= 4 is 22.5 Å². The van der Waals surface area contributed by atoms with Crippen LogP contribution in [0.5, 0.6) is 0 Å². The first-order chi connectivity index (χ1) is 8.22. The molecule has 0 bridgehead atoms. The van der Waals surface area contributed by atoms with Crippen LogP contribution in [0.2, 0.25) is 0 Å². The summed E-state index contributed by atoms with van der Waals surface area (Å²) in [4.78, 5) is 12.0. The van der Waals surface area contributed by atoms with E-state index < -0.39 is 0 Å². The van der Waals surface area contributed by atoms with Crippen molar-refractivity contribution in [3.8, 4) is 0 Å². The van der Waals surface area contributed by atoms with E-state index in [4.69, 9.17) is 4.74 Å². The van der Waals surface area contributed by atoms with Crippen LogP contribution < -0.4 is 5.32 Å². The zero-order chi connectivity index (χ0) is 12.3. The largest absolute Gasteiger partial charge is 0.462 e. The van der Waals surface area contributed by atoms with Crippen molar-refractivity contribution in [2.45, 2.75) is 32.6 Å². The molecule has 0 radical (unpaired) electrons. The molecule has 0 saturated heterocycles. The van der Waals surface area contributed by atoms with Gasteiger partial charge in [-0.2, -0.15) is 4.37 Å². The number of aryl methyl sites for hydroxylation is 1. The monoisotopic (exact) mass is 254 g/mol. The Balaban J connectivity index is 1.96. The Morgan fingerprint density at radius 2 is 2.24 bits per heavy atom. The summed E-state index contributed by atoms with van der Waals surface area (Å²) in [5.41, 5.74) is 1.34. The fourth-order valence-corrected chi connectivity index (χ4v) is 2.96. The molecular formula is C12H18N2O2S. The van der Waals surface area contributed by atoms with Gasteiger partial charge in [0.15, 0.2) is 0 Å². The Hall–Kier alpha value is -1.10. The molecule has 1 aliphatic rings. The molecule has 0 spiro atoms. The highest BCUT2D eigenvalue weighted by Crippen LogP contribution is 2.27. The number of hydrogen-bond acceptors (Lipinski definition) is 5. The minimum absolute atomic E-state index is 0.243. The smallest absolute Gasteiger partial charge is 0.343 e. The molecule has 0 aromatic carbocycles. The molecule has 1 saturated carbocycles. The summed E-state index contributed by atoms with van der Waals surface area (Å²) in [7, 11) is 1.79. The second kappa shape index (κ2) is 5.49. The third kappa shape index (κ3) is 2.77. The van der Waals surface area contributed by atoms with Gasteiger partial charge < -0.3 is 10.1 Å². The Bertz CT molecular complexity index is 397. The molecule has 1 fully saturated rings. The number of nitrogens with one attached hydrogen (secondary N) is 1. The number of anilines is 1. The van der Waals surface area contributed by atoms with Gasteiger partial charge in [0.1, 0.15) is 10.6 Å². The molecular weight excluding hydrogens is 236 g/mol. The SMILES string of the molecule is CNc1snc(C)c1C(=O)OCC1CCCC1. The van der Waals surface area contributed by atoms with E-state index in [1.54, 1.807) is 7.05 Å². The number of carbonyl (C=O) groups excluding carboxylic acids is 1. The lowest BCUT2D eigenvalue weighted by Crippen LogP contribution is -2.13. The number of ether oxygens (including phenoxy) is 1. The van der Waals surface area contributed by atoms with Gasteiger partial charge in [0.25, 0.3) is 0 Å². The fourth-order valence-electron chi connectivity index (χ4n) is 2.22. The molecule has 1 aliphatic carbocycles. The van der Waals surface area contributed by atoms with E-state index in [0.29, 0.717) is 18.1 Å². The van der Waals surface area contributed by atoms with Gasteiger partial charge in [0.2, 0.25) is 0 Å². The summed E-state index contributed by atoms with van der Waals surface area (Å²) in [5.74, 6) is 0.316. The van der Waals surface area contributed by atoms with E-state index in [1.165, 1.54) is 37.2 Å². The molecule has 0 aliphatic heterocycles. The van der Waals surface area contributed by atoms with Crippen LogP contribution in [0, 0.1) is 12.8 Å². The average Bonchev–Trinajstić information content (AvgIpc) is 2.94. The zero-order valence-electron chi connectivity index (χ0n) is 10.3. The summed E-state index contributed by atoms with van der Waals surface area (Å²) in [5, 5.41) is 3.77. The Labute approximate surface area is 106 Å². The van der Waals surface area contributed by atoms with Gasteiger partial charge in [0, 0.05) is 7.05 Å². The maximum absolute atomic E-state index is 12.0. The van der Waals surface area contributed by atoms with Gasteiger partial charge >= 0.3 is 5.97 Å². The normalized spacial score (nSPS) is 16.1. The van der Waals surface area contributed by atoms with Crippen molar-refractivity contribution in [2.75, 3.05) is 19.0 Å². The predicted molar refractivity (Wildman–Crippen MR) is 68.6 cm³/mol. The van der Waals surface area contributed by atoms with Crippen molar-refractivity contribution < 1.29 is 9.53 Å². The van der Waals surface area contributed by atoms with Crippen LogP contribution in [-0.4, -0.2) is 24.0 Å². The molecule has 1 N–H and O–H groups in total. The van der Waals surface area contributed by atoms with Crippen LogP contribution in [0.3, 0.4) is 0 Å². The molecule has 2 rings (SSSR count). The average molecular weight is 254 g/mol. The topological polar surface area (TPSA) is 51.2 Å². The minimum atomic E-state index is -0.243. The Morgan fingerprint density at radius 1 is 1.53 bits per heavy atom. The zero-order valence-corrected chi connectivity index (χ0v) is 11.1. The third-order valence-corrected chi connectivity index (χ3v) is 4.17. The van der Waals surface area contributed by atoms with E-state index in [-0.39, 0.29) is 5.97 Å². The number of esters is 1. The maximum atomic E-state index is 12.0. The first kappa shape index (κ1) is 12.4. The second-order valence-corrected chi connectivity index (χ2v) is 5.24. The molecule has 0 atom stereocenters. The minimum Gasteiger partial charge on any atom is -0.462 e. The third-order valence-electron chi connectivity index (χ3n) is 3.22. The Kier molecular flexibility index (Phi) is 3.99. The van der Waals surface area contributed by atoms with Crippen LogP contribution >= 0.6 is 11.5 Å². The summed E-state index contributed by atoms with van der Waals surface area (Å²) >= 11 is 1.30. The predicted octanol–water partition coefficient (Wildman–Crippen LogP) is 2.84. The fraction of sp³-hybridized carbons (Fsp3) is 0.667. The van der Waals surface area contributed by atoms with Crippen molar-refractivity contribution in [1.29, 1.82) is 0 Å². The molecule has 0 unspecified atom stereocenters. The van der Waals surface area contributed by atoms with E-state index in [0.717, 1.165) is 10.7 Å². The summed E-state index contributed by atoms with van der Waals surface area (Å²) < 4.78 is 9.55. The summed E-state index contributed by atoms with van der Waals surface area (Å²) in [6.07, 6.45) is 4.91. The molecule has 4 nitrogen and oxygen atoms in total. The van der Waals surface area contributed by atoms with Crippen LogP contribution in [0.1, 0.15) is 41.7 Å². The number of hydrogen-bond donors (Lipinski definition) is 1. The van der Waals surface area contributed by atoms with Gasteiger partial charge in [-0.05, 0) is 37.2 Å². The van der Waals surface area contributed by atoms with Crippen molar-refractivity contribution in [1.82, 2.24) is 4.37 Å². The lowest BCUT2D eigenvalue weighted by Gasteiger charge is -2.10. The number of aromatic nitrogens is 1. The van der Waals surface area contributed by atoms with Gasteiger partial charge in [0.05, 0.1) is 12.3 Å². The highest BCUT2D eigenvalue weighted by molar-refractivity contribution is 7.10. The van der Waals surface area contributed by atoms with Crippen LogP contribution in [0.25, 0.3) is 0 Å². The van der Waals surface area contributed by atoms with Crippen molar-refractivity contribution in [3.63, 3.8) is 0 Å². The number of nitrogens with zero attached hydrogens (tertiary/aromatic N) is 1. The standard InChI is InChI=1S/C12H18N2O2S/c1-8-10(11(13-2)17-14-8)12(15)16-7-9-5-3-4-6-9/h9,13H,3-7H2,1-2H3. The van der Waals surface area contributed by atoms with Gasteiger partial charge in [-0.3, -0.25) is 0 Å². The molecule has 1 heterocycles. The highest BCUT2D eigenvalue weighted by Gasteiger charge is 2.22. The molecule has 0 amide bonds.